The Hall–Kier alpha value is -0.950. The smallest absolute Gasteiger partial charge is 0.323 e. The van der Waals surface area contributed by atoms with E-state index in [1.165, 1.54) is 4.88 Å². The Bertz CT molecular complexity index is 488. The highest BCUT2D eigenvalue weighted by atomic mass is 32.1. The first-order valence-electron chi connectivity index (χ1n) is 7.91. The Morgan fingerprint density at radius 2 is 2.23 bits per heavy atom. The van der Waals surface area contributed by atoms with Gasteiger partial charge in [0.25, 0.3) is 0 Å². The van der Waals surface area contributed by atoms with Crippen molar-refractivity contribution in [1.82, 2.24) is 9.80 Å². The second kappa shape index (κ2) is 7.08. The number of morpholine rings is 1. The monoisotopic (exact) mass is 324 g/mol. The molecule has 22 heavy (non-hydrogen) atoms. The standard InChI is InChI=1S/C16H24N2O3S/c1-12-10-13(16(19)21-12)17(2)11-14(15-4-3-9-22-15)18-5-7-20-8-6-18/h3-4,9,12-14H,5-8,10-11H2,1-2H3/t12-,13+,14+/m1/s1. The highest BCUT2D eigenvalue weighted by molar-refractivity contribution is 7.10. The van der Waals surface area contributed by atoms with Crippen LogP contribution in [0.25, 0.3) is 0 Å². The Balaban J connectivity index is 1.71. The predicted molar refractivity (Wildman–Crippen MR) is 86.0 cm³/mol. The van der Waals surface area contributed by atoms with Crippen molar-refractivity contribution in [2.75, 3.05) is 39.9 Å². The minimum Gasteiger partial charge on any atom is -0.461 e. The molecular weight excluding hydrogens is 300 g/mol. The number of hydrogen-bond acceptors (Lipinski definition) is 6. The Kier molecular flexibility index (Phi) is 5.13. The number of ether oxygens (including phenoxy) is 2. The van der Waals surface area contributed by atoms with Crippen molar-refractivity contribution >= 4 is 17.3 Å². The molecule has 6 heteroatoms. The number of cyclic esters (lactones) is 1. The average Bonchev–Trinajstić information content (AvgIpc) is 3.15. The van der Waals surface area contributed by atoms with Gasteiger partial charge in [0.1, 0.15) is 12.1 Å². The van der Waals surface area contributed by atoms with Crippen LogP contribution in [0.1, 0.15) is 24.3 Å². The van der Waals surface area contributed by atoms with Gasteiger partial charge in [-0.15, -0.1) is 11.3 Å². The molecule has 2 saturated heterocycles. The molecule has 0 aliphatic carbocycles. The Labute approximate surface area is 135 Å². The van der Waals surface area contributed by atoms with Crippen LogP contribution in [0, 0.1) is 0 Å². The highest BCUT2D eigenvalue weighted by Gasteiger charge is 2.36. The SMILES string of the molecule is C[C@@H]1C[C@H](N(C)C[C@@H](c2cccs2)N2CCOCC2)C(=O)O1. The number of carbonyl (C=O) groups excluding carboxylic acids is 1. The molecule has 0 saturated carbocycles. The summed E-state index contributed by atoms with van der Waals surface area (Å²) in [6.07, 6.45) is 0.818. The first-order chi connectivity index (χ1) is 10.6. The summed E-state index contributed by atoms with van der Waals surface area (Å²) in [7, 11) is 2.03. The van der Waals surface area contributed by atoms with E-state index in [0.29, 0.717) is 6.04 Å². The van der Waals surface area contributed by atoms with Crippen molar-refractivity contribution in [3.05, 3.63) is 22.4 Å². The summed E-state index contributed by atoms with van der Waals surface area (Å²) in [5, 5.41) is 2.12. The summed E-state index contributed by atoms with van der Waals surface area (Å²) in [4.78, 5) is 18.0. The molecule has 1 aromatic heterocycles. The molecule has 0 unspecified atom stereocenters. The topological polar surface area (TPSA) is 42.0 Å². The Morgan fingerprint density at radius 1 is 1.45 bits per heavy atom. The maximum Gasteiger partial charge on any atom is 0.323 e. The van der Waals surface area contributed by atoms with Gasteiger partial charge in [-0.2, -0.15) is 0 Å². The zero-order valence-corrected chi connectivity index (χ0v) is 14.1. The van der Waals surface area contributed by atoms with Gasteiger partial charge in [0.15, 0.2) is 0 Å². The van der Waals surface area contributed by atoms with Gasteiger partial charge in [-0.25, -0.2) is 0 Å². The molecule has 0 aromatic carbocycles. The van der Waals surface area contributed by atoms with E-state index in [1.807, 2.05) is 14.0 Å². The second-order valence-corrected chi connectivity index (χ2v) is 7.10. The maximum absolute atomic E-state index is 12.0. The molecule has 2 aliphatic heterocycles. The Morgan fingerprint density at radius 3 is 2.82 bits per heavy atom. The fraction of sp³-hybridized carbons (Fsp3) is 0.688. The molecular formula is C16H24N2O3S. The zero-order chi connectivity index (χ0) is 15.5. The van der Waals surface area contributed by atoms with E-state index in [0.717, 1.165) is 39.3 Å². The molecule has 2 aliphatic rings. The van der Waals surface area contributed by atoms with Gasteiger partial charge in [-0.1, -0.05) is 6.07 Å². The summed E-state index contributed by atoms with van der Waals surface area (Å²) >= 11 is 1.79. The largest absolute Gasteiger partial charge is 0.461 e. The number of esters is 1. The lowest BCUT2D eigenvalue weighted by Crippen LogP contribution is -2.46. The van der Waals surface area contributed by atoms with Crippen LogP contribution in [0.5, 0.6) is 0 Å². The molecule has 0 amide bonds. The first-order valence-corrected chi connectivity index (χ1v) is 8.79. The summed E-state index contributed by atoms with van der Waals surface area (Å²) in [6.45, 7) is 6.27. The summed E-state index contributed by atoms with van der Waals surface area (Å²) in [5.41, 5.74) is 0. The van der Waals surface area contributed by atoms with Gasteiger partial charge in [0, 0.05) is 30.9 Å². The zero-order valence-electron chi connectivity index (χ0n) is 13.2. The van der Waals surface area contributed by atoms with Crippen molar-refractivity contribution in [3.63, 3.8) is 0 Å². The summed E-state index contributed by atoms with van der Waals surface area (Å²) in [6, 6.07) is 4.49. The summed E-state index contributed by atoms with van der Waals surface area (Å²) < 4.78 is 10.8. The lowest BCUT2D eigenvalue weighted by atomic mass is 10.1. The van der Waals surface area contributed by atoms with Gasteiger partial charge in [0.2, 0.25) is 0 Å². The van der Waals surface area contributed by atoms with E-state index in [-0.39, 0.29) is 18.1 Å². The predicted octanol–water partition coefficient (Wildman–Crippen LogP) is 1.76. The van der Waals surface area contributed by atoms with Crippen LogP contribution in [0.4, 0.5) is 0 Å². The number of thiophene rings is 1. The fourth-order valence-electron chi connectivity index (χ4n) is 3.25. The minimum absolute atomic E-state index is 0.0310. The van der Waals surface area contributed by atoms with Crippen LogP contribution >= 0.6 is 11.3 Å². The van der Waals surface area contributed by atoms with E-state index in [9.17, 15) is 4.79 Å². The highest BCUT2D eigenvalue weighted by Crippen LogP contribution is 2.29. The molecule has 0 bridgehead atoms. The van der Waals surface area contributed by atoms with Crippen LogP contribution < -0.4 is 0 Å². The fourth-order valence-corrected chi connectivity index (χ4v) is 4.10. The molecule has 3 atom stereocenters. The lowest BCUT2D eigenvalue weighted by molar-refractivity contribution is -0.144. The normalized spacial score (nSPS) is 28.0. The molecule has 1 aromatic rings. The number of carbonyl (C=O) groups is 1. The maximum atomic E-state index is 12.0. The average molecular weight is 324 g/mol. The van der Waals surface area contributed by atoms with Gasteiger partial charge in [0.05, 0.1) is 19.3 Å². The number of likely N-dealkylation sites (N-methyl/N-ethyl adjacent to an activating group) is 1. The molecule has 2 fully saturated rings. The van der Waals surface area contributed by atoms with E-state index in [1.54, 1.807) is 11.3 Å². The minimum atomic E-state index is -0.112. The van der Waals surface area contributed by atoms with Crippen molar-refractivity contribution < 1.29 is 14.3 Å². The summed E-state index contributed by atoms with van der Waals surface area (Å²) in [5.74, 6) is -0.0816. The second-order valence-electron chi connectivity index (χ2n) is 6.12. The van der Waals surface area contributed by atoms with E-state index in [2.05, 4.69) is 27.3 Å². The number of hydrogen-bond donors (Lipinski definition) is 0. The van der Waals surface area contributed by atoms with Gasteiger partial charge in [-0.05, 0) is 25.4 Å². The van der Waals surface area contributed by atoms with E-state index < -0.39 is 0 Å². The van der Waals surface area contributed by atoms with Gasteiger partial charge < -0.3 is 9.47 Å². The van der Waals surface area contributed by atoms with Crippen LogP contribution in [-0.2, 0) is 14.3 Å². The number of rotatable bonds is 5. The van der Waals surface area contributed by atoms with Crippen molar-refractivity contribution in [1.29, 1.82) is 0 Å². The number of nitrogens with zero attached hydrogens (tertiary/aromatic N) is 2. The van der Waals surface area contributed by atoms with Crippen LogP contribution in [0.2, 0.25) is 0 Å². The van der Waals surface area contributed by atoms with Gasteiger partial charge in [-0.3, -0.25) is 14.6 Å². The third-order valence-corrected chi connectivity index (χ3v) is 5.47. The third-order valence-electron chi connectivity index (χ3n) is 4.50. The van der Waals surface area contributed by atoms with E-state index in [4.69, 9.17) is 9.47 Å². The van der Waals surface area contributed by atoms with Crippen LogP contribution in [0.3, 0.4) is 0 Å². The molecule has 3 rings (SSSR count). The van der Waals surface area contributed by atoms with Crippen molar-refractivity contribution in [3.8, 4) is 0 Å². The van der Waals surface area contributed by atoms with Crippen molar-refractivity contribution in [2.24, 2.45) is 0 Å². The molecule has 3 heterocycles. The van der Waals surface area contributed by atoms with Gasteiger partial charge >= 0.3 is 5.97 Å². The first kappa shape index (κ1) is 15.9. The van der Waals surface area contributed by atoms with E-state index >= 15 is 0 Å². The molecule has 0 N–H and O–H groups in total. The quantitative estimate of drug-likeness (QED) is 0.772. The molecule has 5 nitrogen and oxygen atoms in total. The van der Waals surface area contributed by atoms with Crippen molar-refractivity contribution in [2.45, 2.75) is 31.5 Å². The molecule has 0 spiro atoms. The van der Waals surface area contributed by atoms with Crippen LogP contribution in [0.15, 0.2) is 17.5 Å². The van der Waals surface area contributed by atoms with Crippen LogP contribution in [-0.4, -0.2) is 67.8 Å². The lowest BCUT2D eigenvalue weighted by Gasteiger charge is -2.37. The molecule has 122 valence electrons. The molecule has 0 radical (unpaired) electrons. The third kappa shape index (κ3) is 3.51.